The summed E-state index contributed by atoms with van der Waals surface area (Å²) >= 11 is 0. The summed E-state index contributed by atoms with van der Waals surface area (Å²) in [6, 6.07) is 7.33. The largest absolute Gasteiger partial charge is 0.377 e. The number of rotatable bonds is 1. The highest BCUT2D eigenvalue weighted by molar-refractivity contribution is 6.07. The van der Waals surface area contributed by atoms with Gasteiger partial charge in [0.1, 0.15) is 0 Å². The first kappa shape index (κ1) is 12.7. The number of para-hydroxylation sites is 1. The average molecular weight is 268 g/mol. The Bertz CT molecular complexity index is 658. The molecule has 0 radical (unpaired) electrons. The minimum absolute atomic E-state index is 0.107. The lowest BCUT2D eigenvalue weighted by molar-refractivity contribution is -0.116. The lowest BCUT2D eigenvalue weighted by atomic mass is 9.79. The van der Waals surface area contributed by atoms with Crippen molar-refractivity contribution >= 4 is 17.4 Å². The van der Waals surface area contributed by atoms with E-state index in [-0.39, 0.29) is 23.7 Å². The first-order valence-corrected chi connectivity index (χ1v) is 6.64. The summed E-state index contributed by atoms with van der Waals surface area (Å²) in [4.78, 5) is 24.4. The van der Waals surface area contributed by atoms with Gasteiger partial charge in [0.15, 0.2) is 5.78 Å². The molecule has 2 aliphatic rings. The summed E-state index contributed by atoms with van der Waals surface area (Å²) in [6.45, 7) is 1.87. The first-order chi connectivity index (χ1) is 9.61. The number of likely N-dealkylation sites (N-methyl/N-ethyl adjacent to an activating group) is 1. The quantitative estimate of drug-likeness (QED) is 0.818. The number of hydrogen-bond acceptors (Lipinski definition) is 3. The fourth-order valence-electron chi connectivity index (χ4n) is 2.82. The van der Waals surface area contributed by atoms with Crippen molar-refractivity contribution in [2.75, 3.05) is 12.4 Å². The van der Waals surface area contributed by atoms with Gasteiger partial charge in [-0.05, 0) is 30.7 Å². The Kier molecular flexibility index (Phi) is 2.93. The summed E-state index contributed by atoms with van der Waals surface area (Å²) in [7, 11) is 1.61. The Hall–Kier alpha value is -2.36. The Morgan fingerprint density at radius 3 is 2.75 bits per heavy atom. The summed E-state index contributed by atoms with van der Waals surface area (Å²) in [5.74, 6) is -0.250. The maximum absolute atomic E-state index is 12.5. The van der Waals surface area contributed by atoms with Crippen molar-refractivity contribution in [2.24, 2.45) is 5.92 Å². The third-order valence-electron chi connectivity index (χ3n) is 3.88. The number of nitrogens with one attached hydrogen (secondary N) is 2. The third-order valence-corrected chi connectivity index (χ3v) is 3.88. The smallest absolute Gasteiger partial charge is 0.251 e. The molecule has 1 aromatic rings. The molecule has 1 aliphatic carbocycles. The number of carbonyl (C=O) groups is 2. The van der Waals surface area contributed by atoms with Crippen LogP contribution in [0.25, 0.3) is 0 Å². The van der Waals surface area contributed by atoms with Gasteiger partial charge in [0.2, 0.25) is 0 Å². The normalized spacial score (nSPS) is 23.8. The van der Waals surface area contributed by atoms with Gasteiger partial charge in [0.05, 0.1) is 12.0 Å². The van der Waals surface area contributed by atoms with Crippen molar-refractivity contribution in [2.45, 2.75) is 13.0 Å². The average Bonchev–Trinajstić information content (AvgIpc) is 2.47. The number of Topliss-reactive ketones (excluding diaryl/α,β-unsaturated/α-hetero) is 1. The minimum Gasteiger partial charge on any atom is -0.377 e. The van der Waals surface area contributed by atoms with Gasteiger partial charge in [0, 0.05) is 23.9 Å². The number of hydrogen-bond donors (Lipinski definition) is 2. The van der Waals surface area contributed by atoms with Crippen LogP contribution in [0.5, 0.6) is 0 Å². The summed E-state index contributed by atoms with van der Waals surface area (Å²) in [6.07, 6.45) is 3.74. The molecule has 1 heterocycles. The van der Waals surface area contributed by atoms with E-state index in [1.54, 1.807) is 7.05 Å². The SMILES string of the molecule is CNC(=O)C1=CC2Nc3ccccc3C(=O)C2C=C1C. The van der Waals surface area contributed by atoms with Crippen LogP contribution in [0.1, 0.15) is 17.3 Å². The second-order valence-corrected chi connectivity index (χ2v) is 5.11. The van der Waals surface area contributed by atoms with Crippen LogP contribution in [0, 0.1) is 5.92 Å². The van der Waals surface area contributed by atoms with E-state index in [1.165, 1.54) is 0 Å². The predicted molar refractivity (Wildman–Crippen MR) is 77.6 cm³/mol. The van der Waals surface area contributed by atoms with Crippen molar-refractivity contribution in [3.8, 4) is 0 Å². The summed E-state index contributed by atoms with van der Waals surface area (Å²) in [5.41, 5.74) is 3.03. The third kappa shape index (κ3) is 1.84. The van der Waals surface area contributed by atoms with E-state index in [0.29, 0.717) is 5.57 Å². The molecule has 1 amide bonds. The van der Waals surface area contributed by atoms with Crippen LogP contribution < -0.4 is 10.6 Å². The molecule has 0 saturated carbocycles. The Morgan fingerprint density at radius 1 is 1.25 bits per heavy atom. The van der Waals surface area contributed by atoms with E-state index in [0.717, 1.165) is 16.8 Å². The lowest BCUT2D eigenvalue weighted by Crippen LogP contribution is -2.40. The highest BCUT2D eigenvalue weighted by Crippen LogP contribution is 2.34. The second-order valence-electron chi connectivity index (χ2n) is 5.11. The minimum atomic E-state index is -0.238. The summed E-state index contributed by atoms with van der Waals surface area (Å²) in [5, 5.41) is 5.97. The van der Waals surface area contributed by atoms with Crippen LogP contribution in [0.15, 0.2) is 47.6 Å². The molecule has 0 aromatic heterocycles. The molecular weight excluding hydrogens is 252 g/mol. The highest BCUT2D eigenvalue weighted by atomic mass is 16.1. The number of amides is 1. The fraction of sp³-hybridized carbons (Fsp3) is 0.250. The monoisotopic (exact) mass is 268 g/mol. The van der Waals surface area contributed by atoms with Gasteiger partial charge in [-0.3, -0.25) is 9.59 Å². The highest BCUT2D eigenvalue weighted by Gasteiger charge is 2.36. The van der Waals surface area contributed by atoms with Gasteiger partial charge in [-0.2, -0.15) is 0 Å². The van der Waals surface area contributed by atoms with Crippen LogP contribution in [-0.4, -0.2) is 24.8 Å². The number of anilines is 1. The van der Waals surface area contributed by atoms with Crippen LogP contribution in [0.2, 0.25) is 0 Å². The van der Waals surface area contributed by atoms with Crippen molar-refractivity contribution in [1.29, 1.82) is 0 Å². The molecule has 0 spiro atoms. The zero-order valence-corrected chi connectivity index (χ0v) is 11.4. The molecule has 0 bridgehead atoms. The molecule has 4 nitrogen and oxygen atoms in total. The van der Waals surface area contributed by atoms with Crippen molar-refractivity contribution in [3.63, 3.8) is 0 Å². The van der Waals surface area contributed by atoms with Gasteiger partial charge in [0.25, 0.3) is 5.91 Å². The number of fused-ring (bicyclic) bond motifs is 2. The number of carbonyl (C=O) groups excluding carboxylic acids is 2. The molecule has 102 valence electrons. The van der Waals surface area contributed by atoms with Crippen molar-refractivity contribution < 1.29 is 9.59 Å². The molecule has 4 heteroatoms. The van der Waals surface area contributed by atoms with Crippen LogP contribution in [-0.2, 0) is 4.79 Å². The van der Waals surface area contributed by atoms with Crippen LogP contribution in [0.4, 0.5) is 5.69 Å². The van der Waals surface area contributed by atoms with E-state index in [2.05, 4.69) is 10.6 Å². The molecular formula is C16H16N2O2. The summed E-state index contributed by atoms with van der Waals surface area (Å²) < 4.78 is 0. The molecule has 20 heavy (non-hydrogen) atoms. The van der Waals surface area contributed by atoms with E-state index >= 15 is 0 Å². The van der Waals surface area contributed by atoms with Gasteiger partial charge < -0.3 is 10.6 Å². The fourth-order valence-corrected chi connectivity index (χ4v) is 2.82. The molecule has 1 aromatic carbocycles. The zero-order valence-electron chi connectivity index (χ0n) is 11.4. The zero-order chi connectivity index (χ0) is 14.3. The van der Waals surface area contributed by atoms with E-state index in [1.807, 2.05) is 43.3 Å². The lowest BCUT2D eigenvalue weighted by Gasteiger charge is -2.33. The first-order valence-electron chi connectivity index (χ1n) is 6.64. The molecule has 2 unspecified atom stereocenters. The Morgan fingerprint density at radius 2 is 2.00 bits per heavy atom. The van der Waals surface area contributed by atoms with Crippen molar-refractivity contribution in [3.05, 3.63) is 53.1 Å². The van der Waals surface area contributed by atoms with Gasteiger partial charge in [-0.1, -0.05) is 18.2 Å². The van der Waals surface area contributed by atoms with Gasteiger partial charge in [-0.25, -0.2) is 0 Å². The number of ketones is 1. The Balaban J connectivity index is 2.03. The molecule has 2 N–H and O–H groups in total. The van der Waals surface area contributed by atoms with E-state index < -0.39 is 0 Å². The topological polar surface area (TPSA) is 58.2 Å². The van der Waals surface area contributed by atoms with Gasteiger partial charge >= 0.3 is 0 Å². The number of benzene rings is 1. The molecule has 2 atom stereocenters. The molecule has 3 rings (SSSR count). The second kappa shape index (κ2) is 4.63. The van der Waals surface area contributed by atoms with E-state index in [9.17, 15) is 9.59 Å². The molecule has 0 fully saturated rings. The predicted octanol–water partition coefficient (Wildman–Crippen LogP) is 1.91. The maximum atomic E-state index is 12.5. The molecule has 0 saturated heterocycles. The Labute approximate surface area is 117 Å². The van der Waals surface area contributed by atoms with E-state index in [4.69, 9.17) is 0 Å². The molecule has 1 aliphatic heterocycles. The van der Waals surface area contributed by atoms with Gasteiger partial charge in [-0.15, -0.1) is 0 Å². The van der Waals surface area contributed by atoms with Crippen molar-refractivity contribution in [1.82, 2.24) is 5.32 Å². The maximum Gasteiger partial charge on any atom is 0.251 e. The van der Waals surface area contributed by atoms with Crippen LogP contribution >= 0.6 is 0 Å². The standard InChI is InChI=1S/C16H16N2O2/c1-9-7-12-14(8-11(9)16(20)17-2)18-13-6-4-3-5-10(13)15(12)19/h3-8,12,14,18H,1-2H3,(H,17,20). The van der Waals surface area contributed by atoms with Crippen LogP contribution in [0.3, 0.4) is 0 Å².